The first-order valence-electron chi connectivity index (χ1n) is 5.53. The van der Waals surface area contributed by atoms with Gasteiger partial charge in [-0.1, -0.05) is 13.8 Å². The second-order valence-corrected chi connectivity index (χ2v) is 4.97. The van der Waals surface area contributed by atoms with Gasteiger partial charge >= 0.3 is 0 Å². The molecule has 0 aromatic carbocycles. The highest BCUT2D eigenvalue weighted by Gasteiger charge is 2.31. The van der Waals surface area contributed by atoms with Gasteiger partial charge in [-0.25, -0.2) is 0 Å². The summed E-state index contributed by atoms with van der Waals surface area (Å²) in [5.41, 5.74) is 0.231. The Hall–Kier alpha value is -0.570. The summed E-state index contributed by atoms with van der Waals surface area (Å²) >= 11 is 0. The monoisotopic (exact) mass is 198 g/mol. The molecule has 0 aliphatic heterocycles. The molecular weight excluding hydrogens is 176 g/mol. The van der Waals surface area contributed by atoms with Crippen molar-refractivity contribution in [3.63, 3.8) is 0 Å². The first-order valence-corrected chi connectivity index (χ1v) is 5.53. The standard InChI is InChI=1S/C11H22N2O/c1-9(2)7-12-10(14)8-13-11(3)5-4-6-11/h9,13H,4-8H2,1-3H3,(H,12,14). The zero-order valence-corrected chi connectivity index (χ0v) is 9.52. The summed E-state index contributed by atoms with van der Waals surface area (Å²) in [6.07, 6.45) is 3.69. The quantitative estimate of drug-likeness (QED) is 0.699. The van der Waals surface area contributed by atoms with Gasteiger partial charge in [-0.2, -0.15) is 0 Å². The number of hydrogen-bond donors (Lipinski definition) is 2. The summed E-state index contributed by atoms with van der Waals surface area (Å²) in [5, 5.41) is 6.21. The van der Waals surface area contributed by atoms with Gasteiger partial charge in [0.15, 0.2) is 0 Å². The molecular formula is C11H22N2O. The second-order valence-electron chi connectivity index (χ2n) is 4.97. The van der Waals surface area contributed by atoms with E-state index in [1.54, 1.807) is 0 Å². The van der Waals surface area contributed by atoms with Gasteiger partial charge in [0, 0.05) is 12.1 Å². The van der Waals surface area contributed by atoms with Crippen molar-refractivity contribution in [1.82, 2.24) is 10.6 Å². The number of amides is 1. The number of carbonyl (C=O) groups excluding carboxylic acids is 1. The molecule has 0 unspecified atom stereocenters. The molecule has 0 radical (unpaired) electrons. The van der Waals surface area contributed by atoms with E-state index in [4.69, 9.17) is 0 Å². The highest BCUT2D eigenvalue weighted by Crippen LogP contribution is 2.30. The molecule has 0 bridgehead atoms. The van der Waals surface area contributed by atoms with E-state index in [9.17, 15) is 4.79 Å². The number of rotatable bonds is 5. The SMILES string of the molecule is CC(C)CNC(=O)CNC1(C)CCC1. The molecule has 2 N–H and O–H groups in total. The third kappa shape index (κ3) is 3.66. The van der Waals surface area contributed by atoms with Crippen LogP contribution in [0, 0.1) is 5.92 Å². The largest absolute Gasteiger partial charge is 0.355 e. The van der Waals surface area contributed by atoms with E-state index in [1.807, 2.05) is 0 Å². The lowest BCUT2D eigenvalue weighted by molar-refractivity contribution is -0.120. The Bertz CT molecular complexity index is 197. The van der Waals surface area contributed by atoms with Gasteiger partial charge < -0.3 is 10.6 Å². The van der Waals surface area contributed by atoms with Crippen LogP contribution in [0.5, 0.6) is 0 Å². The Labute approximate surface area is 86.6 Å². The molecule has 0 aromatic rings. The lowest BCUT2D eigenvalue weighted by Crippen LogP contribution is -2.51. The van der Waals surface area contributed by atoms with Crippen LogP contribution in [-0.2, 0) is 4.79 Å². The van der Waals surface area contributed by atoms with Crippen molar-refractivity contribution in [2.24, 2.45) is 5.92 Å². The topological polar surface area (TPSA) is 41.1 Å². The van der Waals surface area contributed by atoms with Gasteiger partial charge in [-0.05, 0) is 32.1 Å². The van der Waals surface area contributed by atoms with Crippen molar-refractivity contribution >= 4 is 5.91 Å². The van der Waals surface area contributed by atoms with Gasteiger partial charge in [0.2, 0.25) is 5.91 Å². The predicted molar refractivity (Wildman–Crippen MR) is 58.1 cm³/mol. The van der Waals surface area contributed by atoms with Crippen molar-refractivity contribution in [2.75, 3.05) is 13.1 Å². The van der Waals surface area contributed by atoms with Gasteiger partial charge in [0.1, 0.15) is 0 Å². The lowest BCUT2D eigenvalue weighted by atomic mass is 9.78. The molecule has 1 fully saturated rings. The third-order valence-corrected chi connectivity index (χ3v) is 2.84. The van der Waals surface area contributed by atoms with Crippen LogP contribution in [0.1, 0.15) is 40.0 Å². The molecule has 0 atom stereocenters. The molecule has 0 heterocycles. The number of nitrogens with one attached hydrogen (secondary N) is 2. The average Bonchev–Trinajstić information content (AvgIpc) is 2.08. The molecule has 1 aliphatic rings. The first-order chi connectivity index (χ1) is 6.52. The van der Waals surface area contributed by atoms with E-state index in [0.29, 0.717) is 12.5 Å². The highest BCUT2D eigenvalue weighted by atomic mass is 16.1. The number of hydrogen-bond acceptors (Lipinski definition) is 2. The van der Waals surface area contributed by atoms with Crippen LogP contribution in [0.4, 0.5) is 0 Å². The molecule has 1 amide bonds. The van der Waals surface area contributed by atoms with E-state index in [1.165, 1.54) is 19.3 Å². The van der Waals surface area contributed by atoms with Crippen LogP contribution < -0.4 is 10.6 Å². The van der Waals surface area contributed by atoms with E-state index in [2.05, 4.69) is 31.4 Å². The van der Waals surface area contributed by atoms with Crippen LogP contribution in [0.2, 0.25) is 0 Å². The molecule has 82 valence electrons. The maximum Gasteiger partial charge on any atom is 0.233 e. The van der Waals surface area contributed by atoms with Crippen molar-refractivity contribution < 1.29 is 4.79 Å². The summed E-state index contributed by atoms with van der Waals surface area (Å²) in [6.45, 7) is 7.62. The van der Waals surface area contributed by atoms with Crippen molar-refractivity contribution in [1.29, 1.82) is 0 Å². The molecule has 3 nitrogen and oxygen atoms in total. The minimum Gasteiger partial charge on any atom is -0.355 e. The Balaban J connectivity index is 2.08. The van der Waals surface area contributed by atoms with Gasteiger partial charge in [-0.15, -0.1) is 0 Å². The molecule has 1 aliphatic carbocycles. The van der Waals surface area contributed by atoms with Crippen molar-refractivity contribution in [3.8, 4) is 0 Å². The van der Waals surface area contributed by atoms with Gasteiger partial charge in [0.25, 0.3) is 0 Å². The minimum absolute atomic E-state index is 0.117. The van der Waals surface area contributed by atoms with Gasteiger partial charge in [0.05, 0.1) is 6.54 Å². The Kier molecular flexibility index (Phi) is 3.93. The maximum atomic E-state index is 11.4. The fourth-order valence-electron chi connectivity index (χ4n) is 1.56. The summed E-state index contributed by atoms with van der Waals surface area (Å²) in [4.78, 5) is 11.4. The molecule has 1 saturated carbocycles. The molecule has 0 aromatic heterocycles. The predicted octanol–water partition coefficient (Wildman–Crippen LogP) is 1.29. The Morgan fingerprint density at radius 1 is 1.43 bits per heavy atom. The normalized spacial score (nSPS) is 19.1. The molecule has 14 heavy (non-hydrogen) atoms. The van der Waals surface area contributed by atoms with E-state index in [0.717, 1.165) is 6.54 Å². The van der Waals surface area contributed by atoms with Crippen LogP contribution in [0.25, 0.3) is 0 Å². The molecule has 3 heteroatoms. The Morgan fingerprint density at radius 3 is 2.50 bits per heavy atom. The lowest BCUT2D eigenvalue weighted by Gasteiger charge is -2.39. The minimum atomic E-state index is 0.117. The van der Waals surface area contributed by atoms with Crippen molar-refractivity contribution in [2.45, 2.75) is 45.6 Å². The molecule has 0 saturated heterocycles. The fraction of sp³-hybridized carbons (Fsp3) is 0.909. The van der Waals surface area contributed by atoms with E-state index >= 15 is 0 Å². The van der Waals surface area contributed by atoms with Crippen molar-refractivity contribution in [3.05, 3.63) is 0 Å². The van der Waals surface area contributed by atoms with Gasteiger partial charge in [-0.3, -0.25) is 4.79 Å². The summed E-state index contributed by atoms with van der Waals surface area (Å²) in [5.74, 6) is 0.644. The fourth-order valence-corrected chi connectivity index (χ4v) is 1.56. The van der Waals surface area contributed by atoms with E-state index < -0.39 is 0 Å². The summed E-state index contributed by atoms with van der Waals surface area (Å²) in [7, 11) is 0. The van der Waals surface area contributed by atoms with Crippen LogP contribution in [-0.4, -0.2) is 24.5 Å². The summed E-state index contributed by atoms with van der Waals surface area (Å²) in [6, 6.07) is 0. The van der Waals surface area contributed by atoms with Crippen LogP contribution >= 0.6 is 0 Å². The summed E-state index contributed by atoms with van der Waals surface area (Å²) < 4.78 is 0. The van der Waals surface area contributed by atoms with Crippen LogP contribution in [0.3, 0.4) is 0 Å². The highest BCUT2D eigenvalue weighted by molar-refractivity contribution is 5.78. The van der Waals surface area contributed by atoms with E-state index in [-0.39, 0.29) is 11.4 Å². The van der Waals surface area contributed by atoms with Crippen LogP contribution in [0.15, 0.2) is 0 Å². The zero-order valence-electron chi connectivity index (χ0n) is 9.52. The molecule has 0 spiro atoms. The molecule has 1 rings (SSSR count). The number of carbonyl (C=O) groups is 1. The zero-order chi connectivity index (χ0) is 10.6. The second kappa shape index (κ2) is 4.78. The first kappa shape index (κ1) is 11.5. The smallest absolute Gasteiger partial charge is 0.233 e. The average molecular weight is 198 g/mol. The third-order valence-electron chi connectivity index (χ3n) is 2.84. The Morgan fingerprint density at radius 2 is 2.07 bits per heavy atom. The maximum absolute atomic E-state index is 11.4.